The monoisotopic (exact) mass is 270 g/mol. The van der Waals surface area contributed by atoms with E-state index in [0.29, 0.717) is 18.2 Å². The Morgan fingerprint density at radius 2 is 2.11 bits per heavy atom. The number of rotatable bonds is 3. The van der Waals surface area contributed by atoms with Crippen LogP contribution in [0.3, 0.4) is 0 Å². The van der Waals surface area contributed by atoms with E-state index in [-0.39, 0.29) is 0 Å². The van der Waals surface area contributed by atoms with Crippen molar-refractivity contribution in [3.63, 3.8) is 0 Å². The van der Waals surface area contributed by atoms with Crippen molar-refractivity contribution in [2.24, 2.45) is 11.8 Å². The number of hydrogen-bond acceptors (Lipinski definition) is 2. The van der Waals surface area contributed by atoms with E-state index in [2.05, 4.69) is 10.3 Å². The van der Waals surface area contributed by atoms with Crippen LogP contribution >= 0.6 is 0 Å². The number of aryl methyl sites for hydroxylation is 1. The molecule has 1 aromatic rings. The van der Waals surface area contributed by atoms with Crippen LogP contribution in [-0.2, 0) is 12.6 Å². The fraction of sp³-hybridized carbons (Fsp3) is 0.643. The summed E-state index contributed by atoms with van der Waals surface area (Å²) in [5.74, 6) is 1.73. The number of piperidine rings is 1. The molecule has 1 aliphatic heterocycles. The zero-order valence-electron chi connectivity index (χ0n) is 10.6. The highest BCUT2D eigenvalue weighted by Crippen LogP contribution is 2.44. The van der Waals surface area contributed by atoms with Gasteiger partial charge in [-0.05, 0) is 56.2 Å². The summed E-state index contributed by atoms with van der Waals surface area (Å²) < 4.78 is 37.7. The van der Waals surface area contributed by atoms with Gasteiger partial charge in [-0.3, -0.25) is 4.98 Å². The number of nitrogens with one attached hydrogen (secondary N) is 1. The number of hydrogen-bond donors (Lipinski definition) is 1. The van der Waals surface area contributed by atoms with E-state index in [1.54, 1.807) is 0 Å². The maximum absolute atomic E-state index is 12.6. The molecule has 19 heavy (non-hydrogen) atoms. The summed E-state index contributed by atoms with van der Waals surface area (Å²) in [5, 5.41) is 3.48. The maximum Gasteiger partial charge on any atom is 0.416 e. The molecule has 3 atom stereocenters. The summed E-state index contributed by atoms with van der Waals surface area (Å²) in [5.41, 5.74) is -0.0640. The molecular formula is C14H17F3N2. The third kappa shape index (κ3) is 3.08. The molecule has 1 aliphatic carbocycles. The predicted molar refractivity (Wildman–Crippen MR) is 65.6 cm³/mol. The molecule has 1 saturated heterocycles. The van der Waals surface area contributed by atoms with Crippen molar-refractivity contribution in [2.75, 3.05) is 6.54 Å². The highest BCUT2D eigenvalue weighted by molar-refractivity contribution is 5.19. The van der Waals surface area contributed by atoms with Crippen LogP contribution in [0, 0.1) is 11.8 Å². The summed E-state index contributed by atoms with van der Waals surface area (Å²) in [4.78, 5) is 4.04. The fourth-order valence-electron chi connectivity index (χ4n) is 2.95. The lowest BCUT2D eigenvalue weighted by molar-refractivity contribution is -0.137. The van der Waals surface area contributed by atoms with Gasteiger partial charge in [-0.25, -0.2) is 0 Å². The molecular weight excluding hydrogens is 253 g/mol. The van der Waals surface area contributed by atoms with Gasteiger partial charge < -0.3 is 5.32 Å². The average Bonchev–Trinajstić information content (AvgIpc) is 3.14. The summed E-state index contributed by atoms with van der Waals surface area (Å²) in [7, 11) is 0. The molecule has 5 heteroatoms. The predicted octanol–water partition coefficient (Wildman–Crippen LogP) is 3.03. The lowest BCUT2D eigenvalue weighted by atomic mass is 9.99. The lowest BCUT2D eigenvalue weighted by Crippen LogP contribution is -2.35. The second-order valence-corrected chi connectivity index (χ2v) is 5.67. The third-order valence-electron chi connectivity index (χ3n) is 4.22. The highest BCUT2D eigenvalue weighted by Gasteiger charge is 2.41. The van der Waals surface area contributed by atoms with Gasteiger partial charge in [-0.1, -0.05) is 0 Å². The number of nitrogens with zero attached hydrogens (tertiary/aromatic N) is 1. The van der Waals surface area contributed by atoms with E-state index in [1.165, 1.54) is 25.1 Å². The van der Waals surface area contributed by atoms with E-state index < -0.39 is 11.7 Å². The van der Waals surface area contributed by atoms with Gasteiger partial charge in [0.1, 0.15) is 0 Å². The van der Waals surface area contributed by atoms with Crippen molar-refractivity contribution in [1.29, 1.82) is 0 Å². The minimum atomic E-state index is -4.28. The molecule has 1 saturated carbocycles. The van der Waals surface area contributed by atoms with E-state index >= 15 is 0 Å². The van der Waals surface area contributed by atoms with Crippen molar-refractivity contribution < 1.29 is 13.2 Å². The molecule has 2 fully saturated rings. The molecule has 0 spiro atoms. The number of pyridine rings is 1. The van der Waals surface area contributed by atoms with Crippen LogP contribution in [0.4, 0.5) is 13.2 Å². The van der Waals surface area contributed by atoms with Gasteiger partial charge in [0.25, 0.3) is 0 Å². The Bertz CT molecular complexity index is 458. The molecule has 3 rings (SSSR count). The first kappa shape index (κ1) is 12.9. The lowest BCUT2D eigenvalue weighted by Gasteiger charge is -2.22. The Morgan fingerprint density at radius 1 is 1.26 bits per heavy atom. The van der Waals surface area contributed by atoms with Crippen molar-refractivity contribution in [3.8, 4) is 0 Å². The van der Waals surface area contributed by atoms with Crippen LogP contribution in [0.15, 0.2) is 18.3 Å². The topological polar surface area (TPSA) is 24.9 Å². The molecule has 0 bridgehead atoms. The summed E-state index contributed by atoms with van der Waals surface area (Å²) >= 11 is 0. The molecule has 0 radical (unpaired) electrons. The second-order valence-electron chi connectivity index (χ2n) is 5.67. The molecule has 104 valence electrons. The molecule has 0 amide bonds. The molecule has 2 heterocycles. The average molecular weight is 270 g/mol. The van der Waals surface area contributed by atoms with Gasteiger partial charge in [0.05, 0.1) is 5.56 Å². The summed E-state index contributed by atoms with van der Waals surface area (Å²) in [6, 6.07) is 2.64. The van der Waals surface area contributed by atoms with Crippen molar-refractivity contribution >= 4 is 0 Å². The van der Waals surface area contributed by atoms with Gasteiger partial charge in [0.2, 0.25) is 0 Å². The van der Waals surface area contributed by atoms with E-state index in [9.17, 15) is 13.2 Å². The molecule has 1 aromatic heterocycles. The van der Waals surface area contributed by atoms with Crippen LogP contribution < -0.4 is 5.32 Å². The van der Waals surface area contributed by atoms with Crippen LogP contribution in [0.5, 0.6) is 0 Å². The Hall–Kier alpha value is -1.10. The Labute approximate surface area is 110 Å². The quantitative estimate of drug-likeness (QED) is 0.913. The molecule has 2 nitrogen and oxygen atoms in total. The van der Waals surface area contributed by atoms with E-state index in [4.69, 9.17) is 0 Å². The largest absolute Gasteiger partial charge is 0.416 e. The first-order valence-corrected chi connectivity index (χ1v) is 6.78. The first-order chi connectivity index (χ1) is 9.02. The van der Waals surface area contributed by atoms with Gasteiger partial charge in [-0.2, -0.15) is 13.2 Å². The van der Waals surface area contributed by atoms with Crippen LogP contribution in [0.1, 0.15) is 30.5 Å². The number of alkyl halides is 3. The maximum atomic E-state index is 12.6. The van der Waals surface area contributed by atoms with E-state index in [0.717, 1.165) is 30.9 Å². The number of aromatic nitrogens is 1. The zero-order valence-corrected chi connectivity index (χ0v) is 10.6. The summed E-state index contributed by atoms with van der Waals surface area (Å²) in [6.45, 7) is 1.07. The molecule has 0 unspecified atom stereocenters. The normalized spacial score (nSPS) is 29.9. The zero-order chi connectivity index (χ0) is 13.5. The molecule has 0 aromatic carbocycles. The third-order valence-corrected chi connectivity index (χ3v) is 4.22. The Morgan fingerprint density at radius 3 is 2.84 bits per heavy atom. The minimum absolute atomic E-state index is 0.445. The minimum Gasteiger partial charge on any atom is -0.314 e. The molecule has 1 N–H and O–H groups in total. The van der Waals surface area contributed by atoms with Gasteiger partial charge in [0, 0.05) is 17.9 Å². The first-order valence-electron chi connectivity index (χ1n) is 6.78. The standard InChI is InChI=1S/C14H17F3N2/c15-14(16,17)11-3-4-18-13(7-11)2-1-12-6-9-5-10(9)8-19-12/h3-4,7,9-10,12,19H,1-2,5-6,8H2/t9-,10+,12-/m1/s1. The van der Waals surface area contributed by atoms with Crippen molar-refractivity contribution in [3.05, 3.63) is 29.6 Å². The van der Waals surface area contributed by atoms with Crippen LogP contribution in [0.2, 0.25) is 0 Å². The Kier molecular flexibility index (Phi) is 3.25. The van der Waals surface area contributed by atoms with E-state index in [1.807, 2.05) is 0 Å². The number of halogens is 3. The summed E-state index contributed by atoms with van der Waals surface area (Å²) in [6.07, 6.45) is 0.955. The smallest absolute Gasteiger partial charge is 0.314 e. The van der Waals surface area contributed by atoms with Crippen molar-refractivity contribution in [1.82, 2.24) is 10.3 Å². The van der Waals surface area contributed by atoms with Crippen molar-refractivity contribution in [2.45, 2.75) is 37.9 Å². The van der Waals surface area contributed by atoms with Crippen LogP contribution in [0.25, 0.3) is 0 Å². The van der Waals surface area contributed by atoms with Gasteiger partial charge in [0.15, 0.2) is 0 Å². The van der Waals surface area contributed by atoms with Gasteiger partial charge in [-0.15, -0.1) is 0 Å². The van der Waals surface area contributed by atoms with Gasteiger partial charge >= 0.3 is 6.18 Å². The molecule has 2 aliphatic rings. The SMILES string of the molecule is FC(F)(F)c1ccnc(CC[C@@H]2C[C@H]3C[C@H]3CN2)c1. The Balaban J connectivity index is 1.57. The second kappa shape index (κ2) is 4.78. The fourth-order valence-corrected chi connectivity index (χ4v) is 2.95. The highest BCUT2D eigenvalue weighted by atomic mass is 19.4. The van der Waals surface area contributed by atoms with Crippen LogP contribution in [-0.4, -0.2) is 17.6 Å². The number of fused-ring (bicyclic) bond motifs is 1.